The Morgan fingerprint density at radius 3 is 1.70 bits per heavy atom. The monoisotopic (exact) mass is 594 g/mol. The molecule has 44 heavy (non-hydrogen) atoms. The molecule has 13 nitrogen and oxygen atoms in total. The Balaban J connectivity index is 1.52. The molecule has 0 aliphatic heterocycles. The van der Waals surface area contributed by atoms with Crippen molar-refractivity contribution >= 4 is 33.3 Å². The van der Waals surface area contributed by atoms with Crippen LogP contribution >= 0.6 is 0 Å². The average Bonchev–Trinajstić information content (AvgIpc) is 3.00. The number of nitro benzene ring substituents is 2. The van der Waals surface area contributed by atoms with Gasteiger partial charge in [-0.2, -0.15) is 0 Å². The first-order chi connectivity index (χ1) is 21.1. The Morgan fingerprint density at radius 1 is 0.682 bits per heavy atom. The van der Waals surface area contributed by atoms with E-state index in [1.165, 1.54) is 48.5 Å². The second-order valence-corrected chi connectivity index (χ2v) is 9.57. The third-order valence-electron chi connectivity index (χ3n) is 7.01. The zero-order valence-electron chi connectivity index (χ0n) is 22.2. The molecule has 0 saturated carbocycles. The first-order valence-electron chi connectivity index (χ1n) is 12.8. The molecule has 6 rings (SSSR count). The van der Waals surface area contributed by atoms with Gasteiger partial charge in [0.05, 0.1) is 43.7 Å². The van der Waals surface area contributed by atoms with Crippen LogP contribution in [0.3, 0.4) is 0 Å². The van der Waals surface area contributed by atoms with Gasteiger partial charge in [0.25, 0.3) is 5.69 Å². The standard InChI is InChI=1S/C31H18N2O11/c34-28-19-5-1-3-7-22(19)43-30(36)26(28)25(27-29(35)20-6-2-4-8-23(20)44-31(27)37)16-9-12-18(13-10-16)42-24-14-11-17(32(38)39)15-21(24)33(40)41/h1-15,25,34-35H. The number of hydrogen-bond acceptors (Lipinski definition) is 11. The number of hydrogen-bond donors (Lipinski definition) is 2. The molecule has 0 saturated heterocycles. The van der Waals surface area contributed by atoms with E-state index < -0.39 is 49.9 Å². The van der Waals surface area contributed by atoms with Gasteiger partial charge in [0.15, 0.2) is 0 Å². The quantitative estimate of drug-likeness (QED) is 0.123. The minimum atomic E-state index is -1.40. The second-order valence-electron chi connectivity index (χ2n) is 9.57. The van der Waals surface area contributed by atoms with Crippen molar-refractivity contribution in [1.82, 2.24) is 0 Å². The summed E-state index contributed by atoms with van der Waals surface area (Å²) in [7, 11) is 0. The SMILES string of the molecule is O=c1oc2ccccc2c(O)c1C(c1ccc(Oc2ccc([N+](=O)[O-])cc2[N+](=O)[O-])cc1)c1c(O)c2ccccc2oc1=O. The molecule has 2 N–H and O–H groups in total. The summed E-state index contributed by atoms with van der Waals surface area (Å²) in [6.45, 7) is 0. The molecular weight excluding hydrogens is 576 g/mol. The predicted octanol–water partition coefficient (Wildman–Crippen LogP) is 6.10. The van der Waals surface area contributed by atoms with Gasteiger partial charge in [-0.25, -0.2) is 9.59 Å². The van der Waals surface area contributed by atoms with E-state index in [4.69, 9.17) is 13.6 Å². The molecule has 2 heterocycles. The highest BCUT2D eigenvalue weighted by molar-refractivity contribution is 5.87. The molecule has 0 aliphatic rings. The van der Waals surface area contributed by atoms with Gasteiger partial charge in [-0.3, -0.25) is 20.2 Å². The maximum Gasteiger partial charge on any atom is 0.344 e. The highest BCUT2D eigenvalue weighted by Crippen LogP contribution is 2.42. The van der Waals surface area contributed by atoms with Gasteiger partial charge < -0.3 is 23.8 Å². The Bertz CT molecular complexity index is 2140. The van der Waals surface area contributed by atoms with Gasteiger partial charge >= 0.3 is 16.9 Å². The van der Waals surface area contributed by atoms with E-state index in [1.54, 1.807) is 24.3 Å². The van der Waals surface area contributed by atoms with Crippen LogP contribution in [-0.2, 0) is 0 Å². The van der Waals surface area contributed by atoms with Crippen LogP contribution in [-0.4, -0.2) is 20.1 Å². The number of nitro groups is 2. The fourth-order valence-corrected chi connectivity index (χ4v) is 4.99. The molecule has 4 aromatic carbocycles. The van der Waals surface area contributed by atoms with Crippen LogP contribution in [0.1, 0.15) is 22.6 Å². The molecule has 2 aromatic heterocycles. The topological polar surface area (TPSA) is 196 Å². The smallest absolute Gasteiger partial charge is 0.344 e. The van der Waals surface area contributed by atoms with Crippen LogP contribution in [0.5, 0.6) is 23.0 Å². The molecule has 0 spiro atoms. The number of nitrogens with zero attached hydrogens (tertiary/aromatic N) is 2. The fraction of sp³-hybridized carbons (Fsp3) is 0.0323. The van der Waals surface area contributed by atoms with Crippen molar-refractivity contribution in [2.75, 3.05) is 0 Å². The first-order valence-corrected chi connectivity index (χ1v) is 12.8. The van der Waals surface area contributed by atoms with E-state index >= 15 is 0 Å². The maximum atomic E-state index is 13.3. The lowest BCUT2D eigenvalue weighted by atomic mass is 9.84. The van der Waals surface area contributed by atoms with Crippen molar-refractivity contribution in [2.24, 2.45) is 0 Å². The molecule has 0 atom stereocenters. The van der Waals surface area contributed by atoms with Gasteiger partial charge in [-0.1, -0.05) is 36.4 Å². The molecule has 0 bridgehead atoms. The van der Waals surface area contributed by atoms with E-state index in [9.17, 15) is 40.0 Å². The van der Waals surface area contributed by atoms with Gasteiger partial charge in [-0.15, -0.1) is 0 Å². The maximum absolute atomic E-state index is 13.3. The Kier molecular flexibility index (Phi) is 6.74. The van der Waals surface area contributed by atoms with Crippen molar-refractivity contribution in [3.8, 4) is 23.0 Å². The fourth-order valence-electron chi connectivity index (χ4n) is 4.99. The lowest BCUT2D eigenvalue weighted by molar-refractivity contribution is -0.394. The van der Waals surface area contributed by atoms with E-state index in [1.807, 2.05) is 0 Å². The van der Waals surface area contributed by atoms with E-state index in [0.717, 1.165) is 18.2 Å². The minimum Gasteiger partial charge on any atom is -0.507 e. The zero-order chi connectivity index (χ0) is 31.1. The van der Waals surface area contributed by atoms with Crippen molar-refractivity contribution in [3.05, 3.63) is 149 Å². The van der Waals surface area contributed by atoms with E-state index in [0.29, 0.717) is 0 Å². The third-order valence-corrected chi connectivity index (χ3v) is 7.01. The molecule has 0 aliphatic carbocycles. The van der Waals surface area contributed by atoms with Crippen LogP contribution in [0, 0.1) is 20.2 Å². The highest BCUT2D eigenvalue weighted by atomic mass is 16.6. The van der Waals surface area contributed by atoms with Gasteiger partial charge in [0.2, 0.25) is 5.75 Å². The van der Waals surface area contributed by atoms with Crippen molar-refractivity contribution < 1.29 is 33.6 Å². The lowest BCUT2D eigenvalue weighted by Crippen LogP contribution is -2.21. The molecule has 0 amide bonds. The molecule has 0 unspecified atom stereocenters. The van der Waals surface area contributed by atoms with Crippen molar-refractivity contribution in [2.45, 2.75) is 5.92 Å². The number of benzene rings is 4. The summed E-state index contributed by atoms with van der Waals surface area (Å²) in [4.78, 5) is 47.7. The number of rotatable bonds is 7. The van der Waals surface area contributed by atoms with Crippen molar-refractivity contribution in [3.63, 3.8) is 0 Å². The van der Waals surface area contributed by atoms with E-state index in [-0.39, 0.29) is 50.1 Å². The summed E-state index contributed by atoms with van der Waals surface area (Å²) < 4.78 is 16.6. The van der Waals surface area contributed by atoms with Crippen LogP contribution in [0.25, 0.3) is 21.9 Å². The number of non-ortho nitro benzene ring substituents is 1. The summed E-state index contributed by atoms with van der Waals surface area (Å²) in [6, 6.07) is 20.9. The normalized spacial score (nSPS) is 11.2. The summed E-state index contributed by atoms with van der Waals surface area (Å²) in [5, 5.41) is 45.6. The number of aromatic hydroxyl groups is 2. The Morgan fingerprint density at radius 2 is 1.20 bits per heavy atom. The number of ether oxygens (including phenoxy) is 1. The number of para-hydroxylation sites is 2. The Labute approximate surface area is 244 Å². The molecular formula is C31H18N2O11. The summed E-state index contributed by atoms with van der Waals surface area (Å²) in [5.41, 5.74) is -3.36. The minimum absolute atomic E-state index is 0.0639. The largest absolute Gasteiger partial charge is 0.507 e. The Hall–Kier alpha value is -6.50. The van der Waals surface area contributed by atoms with E-state index in [2.05, 4.69) is 0 Å². The molecule has 0 radical (unpaired) electrons. The van der Waals surface area contributed by atoms with Crippen molar-refractivity contribution in [1.29, 1.82) is 0 Å². The molecule has 0 fully saturated rings. The molecule has 218 valence electrons. The zero-order valence-corrected chi connectivity index (χ0v) is 22.2. The molecule has 6 aromatic rings. The van der Waals surface area contributed by atoms with Gasteiger partial charge in [0.1, 0.15) is 28.4 Å². The first kappa shape index (κ1) is 27.7. The van der Waals surface area contributed by atoms with Crippen LogP contribution in [0.15, 0.2) is 109 Å². The summed E-state index contributed by atoms with van der Waals surface area (Å²) >= 11 is 0. The van der Waals surface area contributed by atoms with Crippen LogP contribution < -0.4 is 16.0 Å². The van der Waals surface area contributed by atoms with Gasteiger partial charge in [0, 0.05) is 6.07 Å². The van der Waals surface area contributed by atoms with Gasteiger partial charge in [-0.05, 0) is 48.0 Å². The third kappa shape index (κ3) is 4.73. The van der Waals surface area contributed by atoms with Crippen LogP contribution in [0.2, 0.25) is 0 Å². The van der Waals surface area contributed by atoms with Crippen LogP contribution in [0.4, 0.5) is 11.4 Å². The highest BCUT2D eigenvalue weighted by Gasteiger charge is 2.32. The lowest BCUT2D eigenvalue weighted by Gasteiger charge is -2.20. The average molecular weight is 594 g/mol. The predicted molar refractivity (Wildman–Crippen MR) is 156 cm³/mol. The molecule has 13 heteroatoms. The summed E-state index contributed by atoms with van der Waals surface area (Å²) in [5.74, 6) is -2.56. The summed E-state index contributed by atoms with van der Waals surface area (Å²) in [6.07, 6.45) is 0. The second kappa shape index (κ2) is 10.7. The number of fused-ring (bicyclic) bond motifs is 2.